The van der Waals surface area contributed by atoms with E-state index in [1.807, 2.05) is 12.1 Å². The molecule has 0 fully saturated rings. The molecule has 24 heavy (non-hydrogen) atoms. The van der Waals surface area contributed by atoms with Gasteiger partial charge in [0.1, 0.15) is 4.88 Å². The van der Waals surface area contributed by atoms with Gasteiger partial charge in [-0.25, -0.2) is 5.43 Å². The quantitative estimate of drug-likeness (QED) is 0.551. The molecule has 0 unspecified atom stereocenters. The average molecular weight is 357 g/mol. The average Bonchev–Trinajstić information content (AvgIpc) is 2.98. The van der Waals surface area contributed by atoms with Crippen LogP contribution >= 0.6 is 22.9 Å². The highest BCUT2D eigenvalue weighted by atomic mass is 35.5. The second-order valence-corrected chi connectivity index (χ2v) is 6.37. The SMILES string of the molecule is Nc1cc(-c2ccc(Cl)cc2)sc1C(=O)N/N=C\c1ccncc1. The van der Waals surface area contributed by atoms with Crippen molar-refractivity contribution in [3.05, 3.63) is 70.3 Å². The first-order chi connectivity index (χ1) is 11.6. The number of amides is 1. The first-order valence-corrected chi connectivity index (χ1v) is 8.21. The third-order valence-corrected chi connectivity index (χ3v) is 4.63. The number of nitrogens with one attached hydrogen (secondary N) is 1. The van der Waals surface area contributed by atoms with E-state index in [4.69, 9.17) is 17.3 Å². The van der Waals surface area contributed by atoms with Crippen LogP contribution in [0.5, 0.6) is 0 Å². The molecular formula is C17H13ClN4OS. The molecule has 120 valence electrons. The zero-order valence-corrected chi connectivity index (χ0v) is 14.0. The van der Waals surface area contributed by atoms with Crippen LogP contribution in [0.4, 0.5) is 5.69 Å². The van der Waals surface area contributed by atoms with Gasteiger partial charge < -0.3 is 5.73 Å². The number of pyridine rings is 1. The number of hydrogen-bond acceptors (Lipinski definition) is 5. The molecule has 5 nitrogen and oxygen atoms in total. The lowest BCUT2D eigenvalue weighted by Gasteiger charge is -1.98. The Hall–Kier alpha value is -2.70. The minimum Gasteiger partial charge on any atom is -0.397 e. The Bertz CT molecular complexity index is 875. The Morgan fingerprint density at radius 2 is 1.92 bits per heavy atom. The van der Waals surface area contributed by atoms with E-state index in [0.717, 1.165) is 16.0 Å². The van der Waals surface area contributed by atoms with Crippen molar-refractivity contribution in [1.29, 1.82) is 0 Å². The highest BCUT2D eigenvalue weighted by molar-refractivity contribution is 7.18. The standard InChI is InChI=1S/C17H13ClN4OS/c18-13-3-1-12(2-4-13)15-9-14(19)16(24-15)17(23)22-21-10-11-5-7-20-8-6-11/h1-10H,19H2,(H,22,23)/b21-10-. The van der Waals surface area contributed by atoms with E-state index in [1.165, 1.54) is 11.3 Å². The molecule has 0 aliphatic rings. The summed E-state index contributed by atoms with van der Waals surface area (Å²) in [7, 11) is 0. The summed E-state index contributed by atoms with van der Waals surface area (Å²) in [5.41, 5.74) is 10.6. The molecule has 0 saturated heterocycles. The predicted octanol–water partition coefficient (Wildman–Crippen LogP) is 3.81. The Kier molecular flexibility index (Phi) is 4.88. The number of hydrogen-bond donors (Lipinski definition) is 2. The Morgan fingerprint density at radius 1 is 1.21 bits per heavy atom. The Morgan fingerprint density at radius 3 is 2.62 bits per heavy atom. The van der Waals surface area contributed by atoms with Crippen molar-refractivity contribution in [2.24, 2.45) is 5.10 Å². The van der Waals surface area contributed by atoms with Crippen molar-refractivity contribution in [3.63, 3.8) is 0 Å². The van der Waals surface area contributed by atoms with E-state index in [0.29, 0.717) is 15.6 Å². The maximum atomic E-state index is 12.2. The summed E-state index contributed by atoms with van der Waals surface area (Å²) < 4.78 is 0. The largest absolute Gasteiger partial charge is 0.397 e. The van der Waals surface area contributed by atoms with Crippen LogP contribution < -0.4 is 11.2 Å². The number of halogens is 1. The molecule has 3 aromatic rings. The van der Waals surface area contributed by atoms with E-state index in [9.17, 15) is 4.79 Å². The van der Waals surface area contributed by atoms with Crippen LogP contribution in [0.1, 0.15) is 15.2 Å². The molecule has 1 amide bonds. The van der Waals surface area contributed by atoms with Gasteiger partial charge in [0.15, 0.2) is 0 Å². The number of thiophene rings is 1. The normalized spacial score (nSPS) is 10.9. The van der Waals surface area contributed by atoms with Crippen molar-refractivity contribution < 1.29 is 4.79 Å². The van der Waals surface area contributed by atoms with Crippen molar-refractivity contribution in [1.82, 2.24) is 10.4 Å². The monoisotopic (exact) mass is 356 g/mol. The number of nitrogens with two attached hydrogens (primary N) is 1. The third kappa shape index (κ3) is 3.79. The van der Waals surface area contributed by atoms with Gasteiger partial charge in [0.05, 0.1) is 11.9 Å². The number of nitrogens with zero attached hydrogens (tertiary/aromatic N) is 2. The molecule has 2 aromatic heterocycles. The first-order valence-electron chi connectivity index (χ1n) is 7.02. The molecule has 0 radical (unpaired) electrons. The van der Waals surface area contributed by atoms with Crippen molar-refractivity contribution in [2.75, 3.05) is 5.73 Å². The number of benzene rings is 1. The summed E-state index contributed by atoms with van der Waals surface area (Å²) >= 11 is 7.20. The lowest BCUT2D eigenvalue weighted by atomic mass is 10.2. The molecule has 3 N–H and O–H groups in total. The van der Waals surface area contributed by atoms with Crippen LogP contribution in [0.25, 0.3) is 10.4 Å². The van der Waals surface area contributed by atoms with Gasteiger partial charge in [-0.3, -0.25) is 9.78 Å². The summed E-state index contributed by atoms with van der Waals surface area (Å²) in [6.07, 6.45) is 4.85. The first kappa shape index (κ1) is 16.2. The number of hydrazone groups is 1. The summed E-state index contributed by atoms with van der Waals surface area (Å²) in [4.78, 5) is 17.5. The minimum absolute atomic E-state index is 0.344. The Labute approximate surface area is 147 Å². The van der Waals surface area contributed by atoms with Gasteiger partial charge in [0, 0.05) is 22.3 Å². The fraction of sp³-hybridized carbons (Fsp3) is 0. The van der Waals surface area contributed by atoms with Crippen LogP contribution in [0.3, 0.4) is 0 Å². The highest BCUT2D eigenvalue weighted by Gasteiger charge is 2.14. The molecular weight excluding hydrogens is 344 g/mol. The van der Waals surface area contributed by atoms with Crippen LogP contribution in [0.2, 0.25) is 5.02 Å². The third-order valence-electron chi connectivity index (χ3n) is 3.18. The van der Waals surface area contributed by atoms with Crippen LogP contribution in [-0.4, -0.2) is 17.1 Å². The molecule has 0 aliphatic carbocycles. The van der Waals surface area contributed by atoms with Gasteiger partial charge in [0.25, 0.3) is 5.91 Å². The molecule has 2 heterocycles. The van der Waals surface area contributed by atoms with Crippen molar-refractivity contribution in [2.45, 2.75) is 0 Å². The predicted molar refractivity (Wildman–Crippen MR) is 98.5 cm³/mol. The molecule has 3 rings (SSSR count). The van der Waals surface area contributed by atoms with E-state index < -0.39 is 0 Å². The topological polar surface area (TPSA) is 80.4 Å². The molecule has 0 atom stereocenters. The molecule has 1 aromatic carbocycles. The maximum absolute atomic E-state index is 12.2. The number of carbonyl (C=O) groups excluding carboxylic acids is 1. The zero-order valence-electron chi connectivity index (χ0n) is 12.4. The van der Waals surface area contributed by atoms with Gasteiger partial charge in [-0.2, -0.15) is 5.10 Å². The van der Waals surface area contributed by atoms with Crippen LogP contribution in [0, 0.1) is 0 Å². The number of carbonyl (C=O) groups is 1. The highest BCUT2D eigenvalue weighted by Crippen LogP contribution is 2.33. The molecule has 0 bridgehead atoms. The number of nitrogen functional groups attached to an aromatic ring is 1. The van der Waals surface area contributed by atoms with E-state index in [-0.39, 0.29) is 5.91 Å². The van der Waals surface area contributed by atoms with Gasteiger partial charge >= 0.3 is 0 Å². The van der Waals surface area contributed by atoms with E-state index >= 15 is 0 Å². The summed E-state index contributed by atoms with van der Waals surface area (Å²) in [6.45, 7) is 0. The lowest BCUT2D eigenvalue weighted by molar-refractivity contribution is 0.0960. The fourth-order valence-corrected chi connectivity index (χ4v) is 3.11. The van der Waals surface area contributed by atoms with Gasteiger partial charge in [0.2, 0.25) is 0 Å². The molecule has 7 heteroatoms. The Balaban J connectivity index is 1.73. The minimum atomic E-state index is -0.344. The van der Waals surface area contributed by atoms with E-state index in [2.05, 4.69) is 15.5 Å². The van der Waals surface area contributed by atoms with Crippen LogP contribution in [-0.2, 0) is 0 Å². The summed E-state index contributed by atoms with van der Waals surface area (Å²) in [6, 6.07) is 12.7. The van der Waals surface area contributed by atoms with Gasteiger partial charge in [-0.05, 0) is 41.5 Å². The number of aromatic nitrogens is 1. The maximum Gasteiger partial charge on any atom is 0.283 e. The lowest BCUT2D eigenvalue weighted by Crippen LogP contribution is -2.17. The van der Waals surface area contributed by atoms with Gasteiger partial charge in [-0.1, -0.05) is 23.7 Å². The second kappa shape index (κ2) is 7.25. The van der Waals surface area contributed by atoms with Crippen molar-refractivity contribution >= 4 is 40.7 Å². The van der Waals surface area contributed by atoms with Crippen LogP contribution in [0.15, 0.2) is 60.0 Å². The van der Waals surface area contributed by atoms with E-state index in [1.54, 1.807) is 48.9 Å². The number of anilines is 1. The molecule has 0 saturated carbocycles. The number of rotatable bonds is 4. The zero-order chi connectivity index (χ0) is 16.9. The summed E-state index contributed by atoms with van der Waals surface area (Å²) in [5, 5.41) is 4.59. The molecule has 0 spiro atoms. The fourth-order valence-electron chi connectivity index (χ4n) is 2.00. The second-order valence-electron chi connectivity index (χ2n) is 4.88. The molecule has 0 aliphatic heterocycles. The van der Waals surface area contributed by atoms with Gasteiger partial charge in [-0.15, -0.1) is 11.3 Å². The van der Waals surface area contributed by atoms with Crippen molar-refractivity contribution in [3.8, 4) is 10.4 Å². The smallest absolute Gasteiger partial charge is 0.283 e. The summed E-state index contributed by atoms with van der Waals surface area (Å²) in [5.74, 6) is -0.344.